The molecule has 13 aromatic heterocycles. The minimum atomic E-state index is 0. The van der Waals surface area contributed by atoms with Gasteiger partial charge in [-0.15, -0.1) is 0 Å². The van der Waals surface area contributed by atoms with Crippen molar-refractivity contribution in [2.75, 3.05) is 0 Å². The van der Waals surface area contributed by atoms with Gasteiger partial charge < -0.3 is 0 Å². The van der Waals surface area contributed by atoms with Crippen LogP contribution in [0.2, 0.25) is 0 Å². The van der Waals surface area contributed by atoms with E-state index >= 15 is 0 Å². The maximum Gasteiger partial charge on any atom is 2.00 e. The van der Waals surface area contributed by atoms with Gasteiger partial charge >= 0.3 is 39.0 Å². The van der Waals surface area contributed by atoms with Crippen molar-refractivity contribution in [1.82, 2.24) is 69.8 Å². The first-order valence-electron chi connectivity index (χ1n) is 51.4. The summed E-state index contributed by atoms with van der Waals surface area (Å²) in [6.07, 6.45) is 59.9. The average molecular weight is 1980 g/mol. The fraction of sp³-hybridized carbons (Fsp3) is 0.400. The van der Waals surface area contributed by atoms with Crippen LogP contribution in [0.15, 0.2) is 171 Å². The zero-order chi connectivity index (χ0) is 93.7. The summed E-state index contributed by atoms with van der Waals surface area (Å²) in [5, 5.41) is 14.5. The van der Waals surface area contributed by atoms with E-state index in [2.05, 4.69) is 229 Å². The maximum absolute atomic E-state index is 5.14. The van der Waals surface area contributed by atoms with E-state index in [9.17, 15) is 0 Å². The third kappa shape index (κ3) is 22.0. The summed E-state index contributed by atoms with van der Waals surface area (Å²) in [7, 11) is 0. The van der Waals surface area contributed by atoms with E-state index in [1.54, 1.807) is 24.8 Å². The second-order valence-electron chi connectivity index (χ2n) is 37.0. The predicted octanol–water partition coefficient (Wildman–Crippen LogP) is 31.3. The number of rotatable bonds is 32. The zero-order valence-electron chi connectivity index (χ0n) is 83.8. The molecule has 0 unspecified atom stereocenters. The van der Waals surface area contributed by atoms with Gasteiger partial charge in [-0.3, -0.25) is 59.8 Å². The van der Waals surface area contributed by atoms with Crippen LogP contribution in [0.1, 0.15) is 303 Å². The standard InChI is InChI=1S/C24H12N6.4C24H32N2.2Ru/c1-5-13-17(25-9-1)18-14(6-2-10-26-18)22-21(13)29-23-15-7-3-11-27-19(15)20-16(24(23)30-22)8-4-12-28-20;4*1-5-9-17-13-21-19(11-7-3)20(12-8-4)22-14-18(10-6-2)16-26-24(22)23(21)25-15-17;;/h1-12H;4*13-16H,5-12H2,1-4H3;;/q;;;;;2*+2. The van der Waals surface area contributed by atoms with Crippen LogP contribution in [0.5, 0.6) is 0 Å². The van der Waals surface area contributed by atoms with Crippen LogP contribution in [-0.4, -0.2) is 69.8 Å². The van der Waals surface area contributed by atoms with Crippen molar-refractivity contribution in [2.24, 2.45) is 0 Å². The van der Waals surface area contributed by atoms with E-state index in [1.807, 2.05) is 48.5 Å². The van der Waals surface area contributed by atoms with Crippen LogP contribution < -0.4 is 0 Å². The Morgan fingerprint density at radius 1 is 0.147 bits per heavy atom. The average Bonchev–Trinajstić information content (AvgIpc) is 0.713. The van der Waals surface area contributed by atoms with Gasteiger partial charge in [-0.25, -0.2) is 9.97 Å². The van der Waals surface area contributed by atoms with Crippen molar-refractivity contribution in [3.63, 3.8) is 0 Å². The van der Waals surface area contributed by atoms with Gasteiger partial charge in [0.1, 0.15) is 0 Å². The summed E-state index contributed by atoms with van der Waals surface area (Å²) >= 11 is 0. The van der Waals surface area contributed by atoms with Gasteiger partial charge in [0.15, 0.2) is 0 Å². The molecule has 0 radical (unpaired) electrons. The smallest absolute Gasteiger partial charge is 0.254 e. The van der Waals surface area contributed by atoms with E-state index in [0.29, 0.717) is 0 Å². The van der Waals surface area contributed by atoms with Gasteiger partial charge in [0.05, 0.1) is 88.3 Å². The van der Waals surface area contributed by atoms with Gasteiger partial charge in [0, 0.05) is 139 Å². The van der Waals surface area contributed by atoms with Gasteiger partial charge in [-0.2, -0.15) is 0 Å². The summed E-state index contributed by atoms with van der Waals surface area (Å²) in [6, 6.07) is 34.9. The van der Waals surface area contributed by atoms with Crippen molar-refractivity contribution >= 4 is 153 Å². The number of nitrogens with zero attached hydrogens (tertiary/aromatic N) is 14. The van der Waals surface area contributed by atoms with Crippen LogP contribution in [0.4, 0.5) is 0 Å². The molecule has 0 spiro atoms. The first-order chi connectivity index (χ1) is 65.8. The summed E-state index contributed by atoms with van der Waals surface area (Å²) in [4.78, 5) is 67.8. The molecule has 0 aliphatic carbocycles. The van der Waals surface area contributed by atoms with Crippen LogP contribution in [0.25, 0.3) is 153 Å². The fourth-order valence-corrected chi connectivity index (χ4v) is 20.7. The number of benzene rings is 6. The van der Waals surface area contributed by atoms with Crippen molar-refractivity contribution in [3.8, 4) is 0 Å². The second kappa shape index (κ2) is 49.4. The quantitative estimate of drug-likeness (QED) is 0.0221. The molecule has 0 N–H and O–H groups in total. The van der Waals surface area contributed by atoms with E-state index in [4.69, 9.17) is 49.8 Å². The molecule has 19 rings (SSSR count). The minimum absolute atomic E-state index is 0. The Morgan fingerprint density at radius 3 is 0.397 bits per heavy atom. The molecule has 19 aromatic rings. The summed E-state index contributed by atoms with van der Waals surface area (Å²) in [5.41, 5.74) is 38.2. The molecule has 0 fully saturated rings. The summed E-state index contributed by atoms with van der Waals surface area (Å²) in [5.74, 6) is 0. The first-order valence-corrected chi connectivity index (χ1v) is 51.4. The van der Waals surface area contributed by atoms with E-state index < -0.39 is 0 Å². The molecule has 0 amide bonds. The van der Waals surface area contributed by atoms with Gasteiger partial charge in [0.25, 0.3) is 0 Å². The summed E-state index contributed by atoms with van der Waals surface area (Å²) in [6.45, 7) is 36.1. The number of hydrogen-bond donors (Lipinski definition) is 0. The molecule has 136 heavy (non-hydrogen) atoms. The van der Waals surface area contributed by atoms with Crippen molar-refractivity contribution < 1.29 is 39.0 Å². The Hall–Kier alpha value is -10.9. The van der Waals surface area contributed by atoms with Crippen molar-refractivity contribution in [2.45, 2.75) is 316 Å². The number of aromatic nitrogens is 14. The molecule has 0 atom stereocenters. The predicted molar refractivity (Wildman–Crippen MR) is 570 cm³/mol. The van der Waals surface area contributed by atoms with Crippen LogP contribution in [0.3, 0.4) is 0 Å². The Bertz CT molecular complexity index is 6230. The molecule has 14 nitrogen and oxygen atoms in total. The molecule has 0 aliphatic rings. The molecule has 16 heteroatoms. The molecule has 0 saturated carbocycles. The van der Waals surface area contributed by atoms with Gasteiger partial charge in [-0.1, -0.05) is 214 Å². The molecule has 0 aliphatic heterocycles. The van der Waals surface area contributed by atoms with Crippen molar-refractivity contribution in [1.29, 1.82) is 0 Å². The number of fused-ring (bicyclic) bond motifs is 24. The number of hydrogen-bond acceptors (Lipinski definition) is 14. The van der Waals surface area contributed by atoms with Crippen LogP contribution in [-0.2, 0) is 142 Å². The zero-order valence-corrected chi connectivity index (χ0v) is 87.2. The molecule has 0 bridgehead atoms. The van der Waals surface area contributed by atoms with Crippen LogP contribution >= 0.6 is 0 Å². The summed E-state index contributed by atoms with van der Waals surface area (Å²) < 4.78 is 0. The first kappa shape index (κ1) is 102. The second-order valence-corrected chi connectivity index (χ2v) is 37.0. The van der Waals surface area contributed by atoms with E-state index in [-0.39, 0.29) is 39.0 Å². The Morgan fingerprint density at radius 2 is 0.272 bits per heavy atom. The fourth-order valence-electron chi connectivity index (χ4n) is 20.7. The molecule has 0 saturated heterocycles. The third-order valence-corrected chi connectivity index (χ3v) is 26.4. The molecular formula is C120H140N14Ru2+4. The molecular weight excluding hydrogens is 1840 g/mol. The van der Waals surface area contributed by atoms with Gasteiger partial charge in [-0.05, 0) is 289 Å². The minimum Gasteiger partial charge on any atom is -0.254 e. The molecule has 13 heterocycles. The van der Waals surface area contributed by atoms with Crippen molar-refractivity contribution in [3.05, 3.63) is 260 Å². The normalized spacial score (nSPS) is 11.5. The van der Waals surface area contributed by atoms with E-state index in [1.165, 1.54) is 132 Å². The largest absolute Gasteiger partial charge is 2.00 e. The number of aryl methyl sites for hydroxylation is 16. The Balaban J connectivity index is 0.000000144. The van der Waals surface area contributed by atoms with Gasteiger partial charge in [0.2, 0.25) is 0 Å². The molecule has 6 aromatic carbocycles. The topological polar surface area (TPSA) is 180 Å². The van der Waals surface area contributed by atoms with E-state index in [0.717, 1.165) is 315 Å². The number of pyridine rings is 12. The SMILES string of the molecule is CCCc1cnc2c(c1)c(CCC)c(CCC)c1cc(CCC)cnc12.CCCc1cnc2c(c1)c(CCC)c(CCC)c1cc(CCC)cnc12.CCCc1cnc2c(c1)c(CCC)c(CCC)c1cc(CCC)cnc12.CCCc1cnc2c(c1)c(CCC)c(CCC)c1cc(CCC)cnc12.[Ru+2].[Ru+2].c1cnc2c(c1)c1nc3c4cccnc4c4ncccc4c3nc1c1cccnc12. The Kier molecular flexibility index (Phi) is 37.2. The molecule has 702 valence electrons. The Labute approximate surface area is 832 Å². The monoisotopic (exact) mass is 1980 g/mol. The maximum atomic E-state index is 5.14. The third-order valence-electron chi connectivity index (χ3n) is 26.4. The van der Waals surface area contributed by atoms with Crippen LogP contribution in [0, 0.1) is 0 Å².